The zero-order chi connectivity index (χ0) is 39.1. The van der Waals surface area contributed by atoms with Gasteiger partial charge in [-0.1, -0.05) is 156 Å². The Morgan fingerprint density at radius 2 is 0.870 bits per heavy atom. The Balaban J connectivity index is 2.26. The molecule has 0 fully saturated rings. The van der Waals surface area contributed by atoms with E-state index in [1.165, 1.54) is 109 Å². The first-order valence-corrected chi connectivity index (χ1v) is 22.7. The number of aliphatic hydroxyl groups excluding tert-OH is 1. The van der Waals surface area contributed by atoms with E-state index < -0.39 is 0 Å². The highest BCUT2D eigenvalue weighted by molar-refractivity contribution is 9.10. The Bertz CT molecular complexity index is 1250. The van der Waals surface area contributed by atoms with Gasteiger partial charge in [-0.25, -0.2) is 0 Å². The molecular formula is C47H75BrO6. The van der Waals surface area contributed by atoms with E-state index in [1.807, 2.05) is 6.07 Å². The number of unbranched alkanes of at least 4 members (excludes halogenated alkanes) is 20. The topological polar surface area (TPSA) is 74.2 Å². The van der Waals surface area contributed by atoms with Gasteiger partial charge < -0.3 is 24.1 Å². The fourth-order valence-electron chi connectivity index (χ4n) is 6.39. The first-order valence-electron chi connectivity index (χ1n) is 21.9. The van der Waals surface area contributed by atoms with Gasteiger partial charge in [-0.05, 0) is 71.9 Å². The summed E-state index contributed by atoms with van der Waals surface area (Å²) < 4.78 is 25.9. The third-order valence-corrected chi connectivity index (χ3v) is 10.4. The van der Waals surface area contributed by atoms with Gasteiger partial charge in [0.2, 0.25) is 5.75 Å². The number of ketones is 1. The number of halogens is 1. The monoisotopic (exact) mass is 814 g/mol. The van der Waals surface area contributed by atoms with Gasteiger partial charge >= 0.3 is 0 Å². The summed E-state index contributed by atoms with van der Waals surface area (Å²) in [6, 6.07) is 8.90. The van der Waals surface area contributed by atoms with Crippen LogP contribution < -0.4 is 18.9 Å². The quantitative estimate of drug-likeness (QED) is 0.0323. The minimum absolute atomic E-state index is 0.143. The lowest BCUT2D eigenvalue weighted by molar-refractivity contribution is 0.104. The number of allylic oxidation sites excluding steroid dienone is 1. The number of aliphatic hydroxyl groups is 1. The van der Waals surface area contributed by atoms with Crippen molar-refractivity contribution in [1.82, 2.24) is 0 Å². The maximum absolute atomic E-state index is 13.4. The largest absolute Gasteiger partial charge is 0.507 e. The molecule has 0 atom stereocenters. The molecule has 0 aromatic heterocycles. The number of ether oxygens (including phenoxy) is 4. The number of hydrogen-bond donors (Lipinski definition) is 1. The van der Waals surface area contributed by atoms with Gasteiger partial charge in [0, 0.05) is 17.2 Å². The number of carbonyl (C=O) groups excluding carboxylic acids is 1. The minimum Gasteiger partial charge on any atom is -0.507 e. The zero-order valence-electron chi connectivity index (χ0n) is 34.6. The lowest BCUT2D eigenvalue weighted by Crippen LogP contribution is -2.07. The second-order valence-corrected chi connectivity index (χ2v) is 15.7. The molecule has 0 saturated heterocycles. The average molecular weight is 816 g/mol. The Hall–Kier alpha value is -2.67. The second-order valence-electron chi connectivity index (χ2n) is 14.8. The summed E-state index contributed by atoms with van der Waals surface area (Å²) >= 11 is 3.59. The number of hydrogen-bond acceptors (Lipinski definition) is 6. The summed E-state index contributed by atoms with van der Waals surface area (Å²) in [5.74, 6) is 1.95. The predicted octanol–water partition coefficient (Wildman–Crippen LogP) is 15.2. The summed E-state index contributed by atoms with van der Waals surface area (Å²) in [6.07, 6.45) is 29.4. The minimum atomic E-state index is -0.303. The molecule has 0 amide bonds. The lowest BCUT2D eigenvalue weighted by Gasteiger charge is -2.19. The predicted molar refractivity (Wildman–Crippen MR) is 231 cm³/mol. The van der Waals surface area contributed by atoms with Crippen molar-refractivity contribution < 1.29 is 28.8 Å². The van der Waals surface area contributed by atoms with Crippen LogP contribution in [0.25, 0.3) is 5.76 Å². The summed E-state index contributed by atoms with van der Waals surface area (Å²) in [5, 5.41) is 11.4. The maximum atomic E-state index is 13.4. The number of carbonyl (C=O) groups is 1. The Labute approximate surface area is 338 Å². The molecule has 0 aliphatic rings. The summed E-state index contributed by atoms with van der Waals surface area (Å²) in [4.78, 5) is 13.4. The van der Waals surface area contributed by atoms with Gasteiger partial charge in [0.05, 0.1) is 30.9 Å². The van der Waals surface area contributed by atoms with E-state index in [9.17, 15) is 9.90 Å². The highest BCUT2D eigenvalue weighted by Gasteiger charge is 2.19. The van der Waals surface area contributed by atoms with Crippen molar-refractivity contribution in [3.05, 3.63) is 52.0 Å². The van der Waals surface area contributed by atoms with E-state index >= 15 is 0 Å². The fourth-order valence-corrected chi connectivity index (χ4v) is 6.89. The van der Waals surface area contributed by atoms with Crippen molar-refractivity contribution in [1.29, 1.82) is 0 Å². The molecule has 0 aliphatic carbocycles. The average Bonchev–Trinajstić information content (AvgIpc) is 3.17. The van der Waals surface area contributed by atoms with Crippen LogP contribution in [0.15, 0.2) is 40.9 Å². The molecule has 0 saturated carbocycles. The van der Waals surface area contributed by atoms with Crippen molar-refractivity contribution >= 4 is 27.5 Å². The second kappa shape index (κ2) is 31.5. The van der Waals surface area contributed by atoms with E-state index in [2.05, 4.69) is 43.6 Å². The highest BCUT2D eigenvalue weighted by Crippen LogP contribution is 2.41. The van der Waals surface area contributed by atoms with E-state index in [-0.39, 0.29) is 11.5 Å². The Morgan fingerprint density at radius 3 is 1.28 bits per heavy atom. The molecule has 6 nitrogen and oxygen atoms in total. The maximum Gasteiger partial charge on any atom is 0.203 e. The van der Waals surface area contributed by atoms with Crippen LogP contribution in [0, 0.1) is 0 Å². The van der Waals surface area contributed by atoms with E-state index in [4.69, 9.17) is 18.9 Å². The molecule has 0 spiro atoms. The zero-order valence-corrected chi connectivity index (χ0v) is 36.2. The summed E-state index contributed by atoms with van der Waals surface area (Å²) in [7, 11) is 0. The molecular weight excluding hydrogens is 740 g/mol. The molecule has 0 heterocycles. The molecule has 54 heavy (non-hydrogen) atoms. The van der Waals surface area contributed by atoms with Crippen molar-refractivity contribution in [3.8, 4) is 23.0 Å². The van der Waals surface area contributed by atoms with E-state index in [0.29, 0.717) is 60.6 Å². The molecule has 0 bridgehead atoms. The molecule has 0 aliphatic heterocycles. The van der Waals surface area contributed by atoms with Crippen molar-refractivity contribution in [3.63, 3.8) is 0 Å². The summed E-state index contributed by atoms with van der Waals surface area (Å²) in [5.41, 5.74) is 0.919. The summed E-state index contributed by atoms with van der Waals surface area (Å²) in [6.45, 7) is 11.2. The molecule has 1 N–H and O–H groups in total. The van der Waals surface area contributed by atoms with Crippen LogP contribution >= 0.6 is 15.9 Å². The third-order valence-electron chi connectivity index (χ3n) is 9.81. The van der Waals surface area contributed by atoms with Crippen molar-refractivity contribution in [2.45, 2.75) is 182 Å². The first kappa shape index (κ1) is 47.5. The third kappa shape index (κ3) is 20.9. The van der Waals surface area contributed by atoms with Gasteiger partial charge in [0.1, 0.15) is 11.5 Å². The number of rotatable bonds is 35. The van der Waals surface area contributed by atoms with E-state index in [1.54, 1.807) is 24.3 Å². The fraction of sp³-hybridized carbons (Fsp3) is 0.681. The van der Waals surface area contributed by atoms with Gasteiger partial charge in [-0.2, -0.15) is 0 Å². The van der Waals surface area contributed by atoms with Gasteiger partial charge in [-0.3, -0.25) is 4.79 Å². The van der Waals surface area contributed by atoms with Crippen LogP contribution in [-0.4, -0.2) is 37.3 Å². The van der Waals surface area contributed by atoms with Gasteiger partial charge in [-0.15, -0.1) is 0 Å². The highest BCUT2D eigenvalue weighted by atomic mass is 79.9. The van der Waals surface area contributed by atoms with E-state index in [0.717, 1.165) is 55.8 Å². The Kier molecular flexibility index (Phi) is 27.7. The molecule has 2 aromatic rings. The molecule has 0 radical (unpaired) electrons. The normalized spacial score (nSPS) is 11.5. The first-order chi connectivity index (χ1) is 26.4. The standard InChI is InChI=1S/C47H75BrO6/c1-5-9-13-17-21-25-31-51-44-30-29-39(35-41(44)48)42(49)38-43(50)40-36-45(52-32-26-22-18-14-10-6-2)47(54-34-28-24-20-16-12-8-4)46(37-40)53-33-27-23-19-15-11-7-3/h29-30,35-38,50H,5-28,31-34H2,1-4H3/b43-38-. The van der Waals surface area contributed by atoms with Gasteiger partial charge in [0.15, 0.2) is 17.3 Å². The molecule has 7 heteroatoms. The SMILES string of the molecule is CCCCCCCCOc1ccc(C(=O)/C=C(\O)c2cc(OCCCCCCCC)c(OCCCCCCCC)c(OCCCCCCCC)c2)cc1Br. The smallest absolute Gasteiger partial charge is 0.203 e. The molecule has 2 rings (SSSR count). The number of benzene rings is 2. The molecule has 306 valence electrons. The van der Waals surface area contributed by atoms with Crippen LogP contribution in [0.1, 0.15) is 198 Å². The Morgan fingerprint density at radius 1 is 0.500 bits per heavy atom. The van der Waals surface area contributed by atoms with Crippen LogP contribution in [0.2, 0.25) is 0 Å². The van der Waals surface area contributed by atoms with Crippen LogP contribution in [0.3, 0.4) is 0 Å². The molecule has 0 unspecified atom stereocenters. The van der Waals surface area contributed by atoms with Crippen LogP contribution in [-0.2, 0) is 0 Å². The van der Waals surface area contributed by atoms with Crippen LogP contribution in [0.5, 0.6) is 23.0 Å². The van der Waals surface area contributed by atoms with Crippen molar-refractivity contribution in [2.24, 2.45) is 0 Å². The molecule has 2 aromatic carbocycles. The van der Waals surface area contributed by atoms with Crippen molar-refractivity contribution in [2.75, 3.05) is 26.4 Å². The van der Waals surface area contributed by atoms with Gasteiger partial charge in [0.25, 0.3) is 0 Å². The van der Waals surface area contributed by atoms with Crippen LogP contribution in [0.4, 0.5) is 0 Å². The lowest BCUT2D eigenvalue weighted by atomic mass is 10.1.